The molecule has 2 fully saturated rings. The third-order valence-electron chi connectivity index (χ3n) is 9.22. The van der Waals surface area contributed by atoms with Crippen LogP contribution in [0.15, 0.2) is 65.6 Å². The molecule has 14 heteroatoms. The summed E-state index contributed by atoms with van der Waals surface area (Å²) in [4.78, 5) is -0.482. The van der Waals surface area contributed by atoms with Crippen molar-refractivity contribution in [3.63, 3.8) is 0 Å². The van der Waals surface area contributed by atoms with Crippen molar-refractivity contribution >= 4 is 19.9 Å². The van der Waals surface area contributed by atoms with Crippen molar-refractivity contribution in [1.29, 1.82) is 0 Å². The molecule has 2 aliphatic heterocycles. The van der Waals surface area contributed by atoms with Crippen LogP contribution in [0, 0.1) is 23.5 Å². The molecule has 0 spiro atoms. The van der Waals surface area contributed by atoms with Gasteiger partial charge in [-0.2, -0.15) is 17.5 Å². The molecule has 7 nitrogen and oxygen atoms in total. The molecule has 3 aromatic rings. The Balaban J connectivity index is 1.47. The highest BCUT2D eigenvalue weighted by Gasteiger charge is 2.64. The summed E-state index contributed by atoms with van der Waals surface area (Å²) < 4.78 is 137. The molecule has 0 N–H and O–H groups in total. The number of ether oxygens (including phenoxy) is 2. The molecule has 3 aliphatic rings. The second-order valence-electron chi connectivity index (χ2n) is 11.3. The third-order valence-corrected chi connectivity index (χ3v) is 13.6. The predicted molar refractivity (Wildman–Crippen MR) is 149 cm³/mol. The first-order valence-corrected chi connectivity index (χ1v) is 17.0. The van der Waals surface area contributed by atoms with Gasteiger partial charge in [-0.25, -0.2) is 25.6 Å². The normalized spacial score (nSPS) is 26.5. The Hall–Kier alpha value is -3.23. The summed E-state index contributed by atoms with van der Waals surface area (Å²) in [5, 5.41) is 0. The van der Waals surface area contributed by atoms with Crippen LogP contribution in [0.2, 0.25) is 0 Å². The predicted octanol–water partition coefficient (Wildman–Crippen LogP) is 5.68. The molecule has 1 unspecified atom stereocenters. The molecule has 0 radical (unpaired) electrons. The fourth-order valence-electron chi connectivity index (χ4n) is 7.17. The first-order chi connectivity index (χ1) is 20.7. The van der Waals surface area contributed by atoms with E-state index in [0.717, 1.165) is 24.3 Å². The van der Waals surface area contributed by atoms with Gasteiger partial charge in [-0.1, -0.05) is 12.1 Å². The summed E-state index contributed by atoms with van der Waals surface area (Å²) in [7, 11) is -6.97. The van der Waals surface area contributed by atoms with Crippen LogP contribution >= 0.6 is 0 Å². The average Bonchev–Trinajstić information content (AvgIpc) is 2.99. The van der Waals surface area contributed by atoms with E-state index in [0.29, 0.717) is 23.4 Å². The number of methoxy groups -OCH3 is 1. The van der Waals surface area contributed by atoms with Crippen LogP contribution < -0.4 is 9.47 Å². The van der Waals surface area contributed by atoms with Gasteiger partial charge in [0.15, 0.2) is 21.4 Å². The fraction of sp³-hybridized carbons (Fsp3) is 0.400. The van der Waals surface area contributed by atoms with E-state index in [1.165, 1.54) is 11.4 Å². The van der Waals surface area contributed by atoms with Gasteiger partial charge in [0.2, 0.25) is 10.0 Å². The van der Waals surface area contributed by atoms with Crippen molar-refractivity contribution in [2.24, 2.45) is 11.8 Å². The van der Waals surface area contributed by atoms with Crippen molar-refractivity contribution < 1.29 is 48.3 Å². The Morgan fingerprint density at radius 1 is 0.977 bits per heavy atom. The van der Waals surface area contributed by atoms with Crippen LogP contribution in [-0.2, 0) is 37.3 Å². The summed E-state index contributed by atoms with van der Waals surface area (Å²) in [5.74, 6) is -3.98. The lowest BCUT2D eigenvalue weighted by molar-refractivity contribution is -0.137. The Bertz CT molecular complexity index is 1800. The van der Waals surface area contributed by atoms with Gasteiger partial charge in [0.25, 0.3) is 0 Å². The number of hydrogen-bond donors (Lipinski definition) is 0. The van der Waals surface area contributed by atoms with Gasteiger partial charge in [-0.05, 0) is 79.3 Å². The number of fused-ring (bicyclic) bond motifs is 5. The molecule has 3 aromatic carbocycles. The van der Waals surface area contributed by atoms with E-state index in [1.54, 1.807) is 24.3 Å². The molecule has 236 valence electrons. The highest BCUT2D eigenvalue weighted by Crippen LogP contribution is 2.60. The van der Waals surface area contributed by atoms with Crippen molar-refractivity contribution in [2.75, 3.05) is 19.5 Å². The Labute approximate surface area is 251 Å². The molecule has 6 rings (SSSR count). The second-order valence-corrected chi connectivity index (χ2v) is 15.6. The van der Waals surface area contributed by atoms with Gasteiger partial charge in [0.05, 0.1) is 35.5 Å². The number of sulfonamides is 1. The molecule has 0 aromatic heterocycles. The summed E-state index contributed by atoms with van der Waals surface area (Å²) in [6.45, 7) is -0.357. The minimum absolute atomic E-state index is 0.000692. The molecule has 4 atom stereocenters. The number of rotatable bonds is 5. The van der Waals surface area contributed by atoms with Crippen LogP contribution in [0.25, 0.3) is 0 Å². The molecule has 1 aliphatic carbocycles. The maximum absolute atomic E-state index is 15.7. The fourth-order valence-corrected chi connectivity index (χ4v) is 11.4. The molecule has 0 bridgehead atoms. The zero-order chi connectivity index (χ0) is 31.7. The largest absolute Gasteiger partial charge is 0.497 e. The number of alkyl halides is 3. The van der Waals surface area contributed by atoms with Gasteiger partial charge < -0.3 is 9.47 Å². The zero-order valence-corrected chi connectivity index (χ0v) is 25.0. The highest BCUT2D eigenvalue weighted by molar-refractivity contribution is 7.92. The lowest BCUT2D eigenvalue weighted by Crippen LogP contribution is -2.63. The van der Waals surface area contributed by atoms with Crippen LogP contribution in [-0.4, -0.2) is 46.7 Å². The number of hydrogen-bond acceptors (Lipinski definition) is 6. The lowest BCUT2D eigenvalue weighted by atomic mass is 9.64. The molecule has 1 saturated carbocycles. The van der Waals surface area contributed by atoms with Crippen molar-refractivity contribution in [2.45, 2.75) is 47.7 Å². The van der Waals surface area contributed by atoms with E-state index < -0.39 is 82.1 Å². The summed E-state index contributed by atoms with van der Waals surface area (Å²) in [5.41, 5.74) is -0.907. The SMILES string of the molecule is COc1ccc(CN2[C@@H]3CC[C@@]4(S(=O)(=O)c5ccc(C(F)(F)F)cc5)c5c(F)ccc(F)c5OC[C@H]4C3CCS2(=O)=O)cc1. The first kappa shape index (κ1) is 30.8. The van der Waals surface area contributed by atoms with Crippen LogP contribution in [0.5, 0.6) is 11.5 Å². The van der Waals surface area contributed by atoms with E-state index in [-0.39, 0.29) is 38.2 Å². The van der Waals surface area contributed by atoms with Crippen LogP contribution in [0.4, 0.5) is 22.0 Å². The molecule has 1 saturated heterocycles. The van der Waals surface area contributed by atoms with Crippen molar-refractivity contribution in [1.82, 2.24) is 4.31 Å². The number of nitrogens with zero attached hydrogens (tertiary/aromatic N) is 1. The Kier molecular flexibility index (Phi) is 7.48. The van der Waals surface area contributed by atoms with Crippen molar-refractivity contribution in [3.05, 3.63) is 89.0 Å². The van der Waals surface area contributed by atoms with Gasteiger partial charge >= 0.3 is 6.18 Å². The number of halogens is 5. The highest BCUT2D eigenvalue weighted by atomic mass is 32.2. The monoisotopic (exact) mass is 657 g/mol. The maximum atomic E-state index is 15.7. The van der Waals surface area contributed by atoms with Crippen LogP contribution in [0.1, 0.15) is 36.0 Å². The maximum Gasteiger partial charge on any atom is 0.416 e. The van der Waals surface area contributed by atoms with E-state index >= 15 is 8.78 Å². The van der Waals surface area contributed by atoms with Gasteiger partial charge in [0.1, 0.15) is 16.3 Å². The zero-order valence-electron chi connectivity index (χ0n) is 23.4. The lowest BCUT2D eigenvalue weighted by Gasteiger charge is -2.56. The van der Waals surface area contributed by atoms with Crippen molar-refractivity contribution in [3.8, 4) is 11.5 Å². The standard InChI is InChI=1S/C30H28F5NO6S2/c1-41-20-6-2-18(3-7-20)16-36-26-12-14-29(44(39,40)21-8-4-19(5-9-21)30(33,34)35)23(22(26)13-15-43(36,37)38)17-42-28-25(32)11-10-24(31)27(28)29/h2-11,22-23,26H,12-17H2,1H3/t22?,23-,26+,29-/m0/s1. The molecular formula is C30H28F5NO6S2. The van der Waals surface area contributed by atoms with Gasteiger partial charge in [-0.3, -0.25) is 0 Å². The van der Waals surface area contributed by atoms with E-state index in [1.807, 2.05) is 0 Å². The topological polar surface area (TPSA) is 90.0 Å². The number of sulfone groups is 1. The summed E-state index contributed by atoms with van der Waals surface area (Å²) in [6.07, 6.45) is -5.02. The van der Waals surface area contributed by atoms with E-state index in [2.05, 4.69) is 0 Å². The first-order valence-electron chi connectivity index (χ1n) is 13.9. The number of benzene rings is 3. The third kappa shape index (κ3) is 4.76. The van der Waals surface area contributed by atoms with Crippen LogP contribution in [0.3, 0.4) is 0 Å². The Morgan fingerprint density at radius 3 is 2.27 bits per heavy atom. The minimum atomic E-state index is -4.72. The van der Waals surface area contributed by atoms with Gasteiger partial charge in [-0.15, -0.1) is 0 Å². The molecule has 2 heterocycles. The second kappa shape index (κ2) is 10.7. The van der Waals surface area contributed by atoms with E-state index in [9.17, 15) is 30.0 Å². The minimum Gasteiger partial charge on any atom is -0.497 e. The molecule has 0 amide bonds. The van der Waals surface area contributed by atoms with Gasteiger partial charge in [0, 0.05) is 18.5 Å². The Morgan fingerprint density at radius 2 is 1.64 bits per heavy atom. The quantitative estimate of drug-likeness (QED) is 0.328. The smallest absolute Gasteiger partial charge is 0.416 e. The summed E-state index contributed by atoms with van der Waals surface area (Å²) >= 11 is 0. The average molecular weight is 658 g/mol. The summed E-state index contributed by atoms with van der Waals surface area (Å²) in [6, 6.07) is 10.7. The molecule has 44 heavy (non-hydrogen) atoms. The molecular weight excluding hydrogens is 629 g/mol. The van der Waals surface area contributed by atoms with E-state index in [4.69, 9.17) is 9.47 Å².